The van der Waals surface area contributed by atoms with Gasteiger partial charge in [0.2, 0.25) is 5.13 Å². The summed E-state index contributed by atoms with van der Waals surface area (Å²) >= 11 is 1.49. The molecule has 0 aliphatic rings. The van der Waals surface area contributed by atoms with Crippen molar-refractivity contribution in [1.29, 1.82) is 0 Å². The monoisotopic (exact) mass is 270 g/mol. The van der Waals surface area contributed by atoms with Crippen molar-refractivity contribution < 1.29 is 0 Å². The molecule has 0 atom stereocenters. The Morgan fingerprint density at radius 3 is 2.50 bits per heavy atom. The summed E-state index contributed by atoms with van der Waals surface area (Å²) < 4.78 is 4.43. The van der Waals surface area contributed by atoms with Gasteiger partial charge in [0, 0.05) is 37.1 Å². The van der Waals surface area contributed by atoms with Crippen molar-refractivity contribution in [2.45, 2.75) is 40.0 Å². The lowest BCUT2D eigenvalue weighted by molar-refractivity contribution is 0.549. The van der Waals surface area contributed by atoms with Crippen molar-refractivity contribution in [3.8, 4) is 0 Å². The third-order valence-electron chi connectivity index (χ3n) is 2.59. The van der Waals surface area contributed by atoms with Crippen LogP contribution in [0, 0.1) is 5.92 Å². The lowest BCUT2D eigenvalue weighted by atomic mass is 9.96. The van der Waals surface area contributed by atoms with Gasteiger partial charge in [-0.15, -0.1) is 0 Å². The Labute approximate surface area is 115 Å². The lowest BCUT2D eigenvalue weighted by Crippen LogP contribution is -2.31. The van der Waals surface area contributed by atoms with Crippen LogP contribution in [0.25, 0.3) is 0 Å². The van der Waals surface area contributed by atoms with Gasteiger partial charge in [-0.25, -0.2) is 4.98 Å². The highest BCUT2D eigenvalue weighted by atomic mass is 32.1. The van der Waals surface area contributed by atoms with Crippen LogP contribution in [0.5, 0.6) is 0 Å². The van der Waals surface area contributed by atoms with Crippen molar-refractivity contribution >= 4 is 16.7 Å². The Morgan fingerprint density at radius 1 is 1.33 bits per heavy atom. The molecule has 0 unspecified atom stereocenters. The molecule has 0 aromatic carbocycles. The number of rotatable bonds is 6. The molecule has 0 radical (unpaired) electrons. The third kappa shape index (κ3) is 4.90. The van der Waals surface area contributed by atoms with Gasteiger partial charge >= 0.3 is 0 Å². The highest BCUT2D eigenvalue weighted by Gasteiger charge is 2.20. The van der Waals surface area contributed by atoms with Crippen molar-refractivity contribution in [2.75, 3.05) is 31.6 Å². The van der Waals surface area contributed by atoms with Gasteiger partial charge in [0.25, 0.3) is 0 Å². The van der Waals surface area contributed by atoms with Gasteiger partial charge < -0.3 is 10.2 Å². The molecule has 0 saturated carbocycles. The largest absolute Gasteiger partial charge is 0.349 e. The van der Waals surface area contributed by atoms with Crippen LogP contribution in [0.1, 0.15) is 40.4 Å². The summed E-state index contributed by atoms with van der Waals surface area (Å²) in [6, 6.07) is 0. The molecule has 1 aromatic rings. The lowest BCUT2D eigenvalue weighted by Gasteiger charge is -2.17. The second kappa shape index (κ2) is 6.48. The van der Waals surface area contributed by atoms with E-state index < -0.39 is 0 Å². The average molecular weight is 270 g/mol. The van der Waals surface area contributed by atoms with E-state index in [0.717, 1.165) is 30.6 Å². The summed E-state index contributed by atoms with van der Waals surface area (Å²) in [5, 5.41) is 4.44. The summed E-state index contributed by atoms with van der Waals surface area (Å²) in [4.78, 5) is 6.77. The van der Waals surface area contributed by atoms with Gasteiger partial charge in [0.1, 0.15) is 5.82 Å². The maximum atomic E-state index is 4.60. The zero-order chi connectivity index (χ0) is 13.8. The molecule has 0 aliphatic carbocycles. The number of hydrogen-bond donors (Lipinski definition) is 1. The minimum atomic E-state index is 0.0332. The molecular weight excluding hydrogens is 244 g/mol. The van der Waals surface area contributed by atoms with E-state index in [9.17, 15) is 0 Å². The second-order valence-electron chi connectivity index (χ2n) is 6.17. The van der Waals surface area contributed by atoms with E-state index >= 15 is 0 Å². The quantitative estimate of drug-likeness (QED) is 0.807. The zero-order valence-corrected chi connectivity index (χ0v) is 13.3. The maximum absolute atomic E-state index is 4.60. The first-order valence-corrected chi connectivity index (χ1v) is 7.34. The second-order valence-corrected chi connectivity index (χ2v) is 6.90. The van der Waals surface area contributed by atoms with E-state index in [1.54, 1.807) is 0 Å². The Balaban J connectivity index is 2.42. The molecule has 0 fully saturated rings. The highest BCUT2D eigenvalue weighted by Crippen LogP contribution is 2.24. The van der Waals surface area contributed by atoms with Crippen LogP contribution in [0.15, 0.2) is 0 Å². The van der Waals surface area contributed by atoms with Crippen molar-refractivity contribution in [2.24, 2.45) is 5.92 Å². The van der Waals surface area contributed by atoms with Gasteiger partial charge in [-0.3, -0.25) is 0 Å². The molecule has 0 spiro atoms. The SMILES string of the molecule is CC(C)CNCCN(C)c1nc(C(C)(C)C)ns1. The molecule has 0 saturated heterocycles. The predicted octanol–water partition coefficient (Wildman–Crippen LogP) is 2.52. The van der Waals surface area contributed by atoms with Crippen LogP contribution >= 0.6 is 11.5 Å². The molecule has 0 aliphatic heterocycles. The normalized spacial score (nSPS) is 12.2. The Hall–Kier alpha value is -0.680. The molecule has 0 amide bonds. The predicted molar refractivity (Wildman–Crippen MR) is 79.6 cm³/mol. The smallest absolute Gasteiger partial charge is 0.205 e. The first kappa shape index (κ1) is 15.4. The molecule has 5 heteroatoms. The van der Waals surface area contributed by atoms with E-state index in [1.807, 2.05) is 0 Å². The molecular formula is C13H26N4S. The highest BCUT2D eigenvalue weighted by molar-refractivity contribution is 7.09. The van der Waals surface area contributed by atoms with Gasteiger partial charge in [0.05, 0.1) is 0 Å². The first-order chi connectivity index (χ1) is 8.30. The van der Waals surface area contributed by atoms with Gasteiger partial charge in [0.15, 0.2) is 0 Å². The summed E-state index contributed by atoms with van der Waals surface area (Å²) in [5.74, 6) is 1.63. The van der Waals surface area contributed by atoms with Gasteiger partial charge in [-0.05, 0) is 12.5 Å². The Bertz CT molecular complexity index is 354. The molecule has 4 nitrogen and oxygen atoms in total. The van der Waals surface area contributed by atoms with Crippen molar-refractivity contribution in [3.63, 3.8) is 0 Å². The van der Waals surface area contributed by atoms with Crippen LogP contribution in [0.2, 0.25) is 0 Å². The van der Waals surface area contributed by atoms with Crippen LogP contribution in [-0.4, -0.2) is 36.0 Å². The summed E-state index contributed by atoms with van der Waals surface area (Å²) in [6.07, 6.45) is 0. The number of nitrogens with zero attached hydrogens (tertiary/aromatic N) is 3. The fourth-order valence-corrected chi connectivity index (χ4v) is 2.25. The number of hydrogen-bond acceptors (Lipinski definition) is 5. The fourth-order valence-electron chi connectivity index (χ4n) is 1.41. The average Bonchev–Trinajstić information content (AvgIpc) is 2.72. The van der Waals surface area contributed by atoms with E-state index in [0.29, 0.717) is 5.92 Å². The minimum Gasteiger partial charge on any atom is -0.349 e. The molecule has 1 N–H and O–H groups in total. The Morgan fingerprint density at radius 2 is 2.00 bits per heavy atom. The topological polar surface area (TPSA) is 41.0 Å². The maximum Gasteiger partial charge on any atom is 0.205 e. The first-order valence-electron chi connectivity index (χ1n) is 6.56. The number of likely N-dealkylation sites (N-methyl/N-ethyl adjacent to an activating group) is 1. The minimum absolute atomic E-state index is 0.0332. The number of nitrogens with one attached hydrogen (secondary N) is 1. The fraction of sp³-hybridized carbons (Fsp3) is 0.846. The van der Waals surface area contributed by atoms with Crippen LogP contribution in [0.4, 0.5) is 5.13 Å². The summed E-state index contributed by atoms with van der Waals surface area (Å²) in [7, 11) is 2.07. The molecule has 104 valence electrons. The molecule has 18 heavy (non-hydrogen) atoms. The van der Waals surface area contributed by atoms with E-state index in [2.05, 4.69) is 61.2 Å². The van der Waals surface area contributed by atoms with Gasteiger partial charge in [-0.1, -0.05) is 34.6 Å². The zero-order valence-electron chi connectivity index (χ0n) is 12.4. The van der Waals surface area contributed by atoms with Gasteiger partial charge in [-0.2, -0.15) is 4.37 Å². The number of anilines is 1. The standard InChI is InChI=1S/C13H26N4S/c1-10(2)9-14-7-8-17(6)12-15-11(16-18-12)13(3,4)5/h10,14H,7-9H2,1-6H3. The number of aromatic nitrogens is 2. The van der Waals surface area contributed by atoms with Crippen LogP contribution in [0.3, 0.4) is 0 Å². The molecule has 1 aromatic heterocycles. The third-order valence-corrected chi connectivity index (χ3v) is 3.42. The molecule has 1 rings (SSSR count). The van der Waals surface area contributed by atoms with Crippen molar-refractivity contribution in [1.82, 2.24) is 14.7 Å². The molecule has 0 bridgehead atoms. The van der Waals surface area contributed by atoms with Crippen LogP contribution < -0.4 is 10.2 Å². The van der Waals surface area contributed by atoms with E-state index in [4.69, 9.17) is 0 Å². The van der Waals surface area contributed by atoms with Crippen LogP contribution in [-0.2, 0) is 5.41 Å². The van der Waals surface area contributed by atoms with Crippen molar-refractivity contribution in [3.05, 3.63) is 5.82 Å². The summed E-state index contributed by atoms with van der Waals surface area (Å²) in [5.41, 5.74) is 0.0332. The molecule has 1 heterocycles. The summed E-state index contributed by atoms with van der Waals surface area (Å²) in [6.45, 7) is 13.9. The Kier molecular flexibility index (Phi) is 5.53. The van der Waals surface area contributed by atoms with E-state index in [-0.39, 0.29) is 5.41 Å². The van der Waals surface area contributed by atoms with E-state index in [1.165, 1.54) is 11.5 Å².